The van der Waals surface area contributed by atoms with Gasteiger partial charge in [-0.2, -0.15) is 0 Å². The van der Waals surface area contributed by atoms with Gasteiger partial charge in [-0.25, -0.2) is 0 Å². The quantitative estimate of drug-likeness (QED) is 0.422. The first-order valence-electron chi connectivity index (χ1n) is 10.8. The Kier molecular flexibility index (Phi) is 6.80. The molecular formula is C24H27N3O5S. The first kappa shape index (κ1) is 23.0. The van der Waals surface area contributed by atoms with E-state index in [1.165, 1.54) is 4.57 Å². The molecule has 0 saturated heterocycles. The molecule has 3 aromatic rings. The van der Waals surface area contributed by atoms with E-state index in [1.54, 1.807) is 44.4 Å². The summed E-state index contributed by atoms with van der Waals surface area (Å²) in [7, 11) is 4.83. The van der Waals surface area contributed by atoms with Crippen LogP contribution in [-0.4, -0.2) is 54.8 Å². The Morgan fingerprint density at radius 2 is 1.82 bits per heavy atom. The number of nitrogens with one attached hydrogen (secondary N) is 1. The van der Waals surface area contributed by atoms with E-state index in [0.717, 1.165) is 17.5 Å². The summed E-state index contributed by atoms with van der Waals surface area (Å²) in [5, 5.41) is 0.499. The summed E-state index contributed by atoms with van der Waals surface area (Å²) in [6.07, 6.45) is 1.41. The highest BCUT2D eigenvalue weighted by molar-refractivity contribution is 7.71. The van der Waals surface area contributed by atoms with Crippen LogP contribution in [-0.2, 0) is 24.2 Å². The van der Waals surface area contributed by atoms with Gasteiger partial charge in [0, 0.05) is 38.9 Å². The molecule has 33 heavy (non-hydrogen) atoms. The van der Waals surface area contributed by atoms with Crippen molar-refractivity contribution in [3.63, 3.8) is 0 Å². The average Bonchev–Trinajstić information content (AvgIpc) is 2.83. The number of carbonyl (C=O) groups excluding carboxylic acids is 1. The van der Waals surface area contributed by atoms with Crippen LogP contribution in [0.1, 0.15) is 27.9 Å². The SMILES string of the molecule is COCCCn1c(=S)[nH]c2cc(C(=O)N3CCc4cc(OC)c(OC)cc4C3)ccc2c1=O. The van der Waals surface area contributed by atoms with Crippen molar-refractivity contribution in [1.82, 2.24) is 14.5 Å². The van der Waals surface area contributed by atoms with E-state index in [-0.39, 0.29) is 11.5 Å². The Bertz CT molecular complexity index is 1310. The first-order chi connectivity index (χ1) is 16.0. The Morgan fingerprint density at radius 3 is 2.52 bits per heavy atom. The fourth-order valence-corrected chi connectivity index (χ4v) is 4.48. The molecule has 0 fully saturated rings. The molecule has 9 heteroatoms. The molecule has 0 unspecified atom stereocenters. The normalized spacial score (nSPS) is 13.1. The van der Waals surface area contributed by atoms with Crippen LogP contribution in [0, 0.1) is 4.77 Å². The maximum Gasteiger partial charge on any atom is 0.262 e. The third-order valence-corrected chi connectivity index (χ3v) is 6.29. The van der Waals surface area contributed by atoms with Gasteiger partial charge in [0.05, 0.1) is 25.1 Å². The van der Waals surface area contributed by atoms with Crippen molar-refractivity contribution in [2.45, 2.75) is 25.9 Å². The second-order valence-electron chi connectivity index (χ2n) is 7.95. The summed E-state index contributed by atoms with van der Waals surface area (Å²) in [5.74, 6) is 1.24. The van der Waals surface area contributed by atoms with Gasteiger partial charge in [0.2, 0.25) is 0 Å². The van der Waals surface area contributed by atoms with E-state index in [2.05, 4.69) is 4.98 Å². The Hall–Kier alpha value is -3.17. The fraction of sp³-hybridized carbons (Fsp3) is 0.375. The molecule has 174 valence electrons. The third kappa shape index (κ3) is 4.51. The third-order valence-electron chi connectivity index (χ3n) is 5.96. The highest BCUT2D eigenvalue weighted by atomic mass is 32.1. The van der Waals surface area contributed by atoms with Crippen molar-refractivity contribution >= 4 is 29.0 Å². The van der Waals surface area contributed by atoms with Gasteiger partial charge in [0.25, 0.3) is 11.5 Å². The van der Waals surface area contributed by atoms with Crippen molar-refractivity contribution in [2.75, 3.05) is 34.5 Å². The van der Waals surface area contributed by atoms with Gasteiger partial charge in [-0.3, -0.25) is 14.2 Å². The van der Waals surface area contributed by atoms with Crippen LogP contribution in [0.5, 0.6) is 11.5 Å². The molecule has 1 aliphatic rings. The maximum atomic E-state index is 13.3. The number of amides is 1. The number of H-pyrrole nitrogens is 1. The van der Waals surface area contributed by atoms with Gasteiger partial charge in [-0.1, -0.05) is 0 Å². The van der Waals surface area contributed by atoms with Crippen LogP contribution < -0.4 is 15.0 Å². The maximum absolute atomic E-state index is 13.3. The summed E-state index contributed by atoms with van der Waals surface area (Å²) >= 11 is 5.39. The number of methoxy groups -OCH3 is 3. The highest BCUT2D eigenvalue weighted by Crippen LogP contribution is 2.33. The Labute approximate surface area is 196 Å². The van der Waals surface area contributed by atoms with E-state index in [9.17, 15) is 9.59 Å². The zero-order chi connectivity index (χ0) is 23.5. The van der Waals surface area contributed by atoms with Crippen molar-refractivity contribution < 1.29 is 19.0 Å². The van der Waals surface area contributed by atoms with Crippen molar-refractivity contribution in [2.24, 2.45) is 0 Å². The predicted molar refractivity (Wildman–Crippen MR) is 128 cm³/mol. The average molecular weight is 470 g/mol. The second kappa shape index (κ2) is 9.76. The molecule has 1 aromatic heterocycles. The standard InChI is InChI=1S/C24H27N3O5S/c1-30-10-4-8-27-23(29)18-6-5-16(11-19(18)25-24(27)33)22(28)26-9-7-15-12-20(31-2)21(32-3)13-17(15)14-26/h5-6,11-13H,4,7-10,14H2,1-3H3,(H,25,33). The number of benzene rings is 2. The molecular weight excluding hydrogens is 442 g/mol. The lowest BCUT2D eigenvalue weighted by Gasteiger charge is -2.29. The smallest absolute Gasteiger partial charge is 0.262 e. The van der Waals surface area contributed by atoms with Gasteiger partial charge in [-0.15, -0.1) is 0 Å². The molecule has 0 saturated carbocycles. The molecule has 1 N–H and O–H groups in total. The minimum Gasteiger partial charge on any atom is -0.493 e. The van der Waals surface area contributed by atoms with Crippen LogP contribution in [0.25, 0.3) is 10.9 Å². The number of rotatable bonds is 7. The number of hydrogen-bond acceptors (Lipinski definition) is 6. The van der Waals surface area contributed by atoms with Crippen LogP contribution >= 0.6 is 12.2 Å². The van der Waals surface area contributed by atoms with Gasteiger partial charge in [0.1, 0.15) is 0 Å². The molecule has 1 aliphatic heterocycles. The Morgan fingerprint density at radius 1 is 1.09 bits per heavy atom. The zero-order valence-corrected chi connectivity index (χ0v) is 19.8. The van der Waals surface area contributed by atoms with Crippen molar-refractivity contribution in [3.05, 3.63) is 62.1 Å². The highest BCUT2D eigenvalue weighted by Gasteiger charge is 2.24. The molecule has 1 amide bonds. The number of nitrogens with zero attached hydrogens (tertiary/aromatic N) is 2. The van der Waals surface area contributed by atoms with Crippen molar-refractivity contribution in [3.8, 4) is 11.5 Å². The van der Waals surface area contributed by atoms with E-state index >= 15 is 0 Å². The summed E-state index contributed by atoms with van der Waals surface area (Å²) in [5.41, 5.74) is 3.08. The molecule has 0 aliphatic carbocycles. The number of ether oxygens (including phenoxy) is 3. The van der Waals surface area contributed by atoms with Crippen LogP contribution in [0.15, 0.2) is 35.1 Å². The molecule has 0 radical (unpaired) electrons. The summed E-state index contributed by atoms with van der Waals surface area (Å²) in [6.45, 7) is 2.09. The fourth-order valence-electron chi connectivity index (χ4n) is 4.20. The van der Waals surface area contributed by atoms with Crippen LogP contribution in [0.3, 0.4) is 0 Å². The van der Waals surface area contributed by atoms with Gasteiger partial charge >= 0.3 is 0 Å². The molecule has 2 aromatic carbocycles. The second-order valence-corrected chi connectivity index (χ2v) is 8.33. The number of aromatic amines is 1. The lowest BCUT2D eigenvalue weighted by Crippen LogP contribution is -2.36. The largest absolute Gasteiger partial charge is 0.493 e. The molecule has 0 bridgehead atoms. The first-order valence-corrected chi connectivity index (χ1v) is 11.2. The Balaban J connectivity index is 1.60. The van der Waals surface area contributed by atoms with Crippen LogP contribution in [0.2, 0.25) is 0 Å². The topological polar surface area (TPSA) is 85.8 Å². The molecule has 4 rings (SSSR count). The lowest BCUT2D eigenvalue weighted by atomic mass is 9.98. The lowest BCUT2D eigenvalue weighted by molar-refractivity contribution is 0.0734. The van der Waals surface area contributed by atoms with E-state index in [0.29, 0.717) is 65.4 Å². The molecule has 0 atom stereocenters. The molecule has 0 spiro atoms. The monoisotopic (exact) mass is 469 g/mol. The van der Waals surface area contributed by atoms with Gasteiger partial charge in [-0.05, 0) is 66.5 Å². The summed E-state index contributed by atoms with van der Waals surface area (Å²) < 4.78 is 17.7. The van der Waals surface area contributed by atoms with Crippen molar-refractivity contribution in [1.29, 1.82) is 0 Å². The number of aromatic nitrogens is 2. The molecule has 8 nitrogen and oxygen atoms in total. The van der Waals surface area contributed by atoms with Gasteiger partial charge < -0.3 is 24.1 Å². The van der Waals surface area contributed by atoms with Gasteiger partial charge in [0.15, 0.2) is 16.3 Å². The van der Waals surface area contributed by atoms with E-state index in [4.69, 9.17) is 26.4 Å². The number of carbonyl (C=O) groups is 1. The molecule has 2 heterocycles. The minimum absolute atomic E-state index is 0.0964. The number of hydrogen-bond donors (Lipinski definition) is 1. The van der Waals surface area contributed by atoms with Crippen LogP contribution in [0.4, 0.5) is 0 Å². The zero-order valence-electron chi connectivity index (χ0n) is 19.0. The minimum atomic E-state index is -0.170. The van der Waals surface area contributed by atoms with E-state index < -0.39 is 0 Å². The predicted octanol–water partition coefficient (Wildman–Crippen LogP) is 3.31. The number of fused-ring (bicyclic) bond motifs is 2. The van der Waals surface area contributed by atoms with E-state index in [1.807, 2.05) is 12.1 Å². The summed E-state index contributed by atoms with van der Waals surface area (Å²) in [4.78, 5) is 31.1. The summed E-state index contributed by atoms with van der Waals surface area (Å²) in [6, 6.07) is 9.00.